The second kappa shape index (κ2) is 11.5. The summed E-state index contributed by atoms with van der Waals surface area (Å²) in [5, 5.41) is 6.33. The van der Waals surface area contributed by atoms with Crippen LogP contribution in [0.15, 0.2) is 72.7 Å². The Labute approximate surface area is 212 Å². The molecule has 4 rings (SSSR count). The van der Waals surface area contributed by atoms with E-state index in [1.54, 1.807) is 6.07 Å². The molecule has 2 N–H and O–H groups in total. The van der Waals surface area contributed by atoms with E-state index in [4.69, 9.17) is 14.2 Å². The quantitative estimate of drug-likeness (QED) is 0.413. The van der Waals surface area contributed by atoms with Crippen molar-refractivity contribution in [3.63, 3.8) is 0 Å². The van der Waals surface area contributed by atoms with Crippen molar-refractivity contribution in [3.05, 3.63) is 99.8 Å². The summed E-state index contributed by atoms with van der Waals surface area (Å²) >= 11 is 1.35. The molecule has 2 heterocycles. The molecule has 3 aromatic rings. The minimum Gasteiger partial charge on any atom is -0.465 e. The van der Waals surface area contributed by atoms with Crippen LogP contribution in [-0.2, 0) is 27.1 Å². The standard InChI is InChI=1S/C27H26N2O6S/c1-3-20-14-21(26(36-20)29-24(30)18-9-11-19(12-10-18)27(32)33-2)25(31)28-22(23-15-34-16-35-23)13-17-7-5-4-6-8-17/h4-12,14-15,22H,3,13,16H2,1-2H3,(H,28,31)(H,29,30). The number of amides is 2. The smallest absolute Gasteiger partial charge is 0.337 e. The topological polar surface area (TPSA) is 103 Å². The van der Waals surface area contributed by atoms with Gasteiger partial charge in [-0.25, -0.2) is 4.79 Å². The number of hydrogen-bond acceptors (Lipinski definition) is 7. The van der Waals surface area contributed by atoms with Gasteiger partial charge in [0.2, 0.25) is 6.79 Å². The number of nitrogens with one attached hydrogen (secondary N) is 2. The Bertz CT molecular complexity index is 1270. The molecular weight excluding hydrogens is 480 g/mol. The van der Waals surface area contributed by atoms with Gasteiger partial charge in [-0.2, -0.15) is 0 Å². The molecule has 1 aromatic heterocycles. The molecule has 36 heavy (non-hydrogen) atoms. The Morgan fingerprint density at radius 3 is 2.39 bits per heavy atom. The summed E-state index contributed by atoms with van der Waals surface area (Å²) in [5.74, 6) is -0.668. The molecule has 1 atom stereocenters. The van der Waals surface area contributed by atoms with Gasteiger partial charge < -0.3 is 24.8 Å². The van der Waals surface area contributed by atoms with Crippen molar-refractivity contribution in [1.82, 2.24) is 5.32 Å². The van der Waals surface area contributed by atoms with E-state index in [0.29, 0.717) is 40.3 Å². The molecule has 186 valence electrons. The van der Waals surface area contributed by atoms with Crippen molar-refractivity contribution in [2.45, 2.75) is 25.8 Å². The van der Waals surface area contributed by atoms with E-state index in [1.807, 2.05) is 37.3 Å². The van der Waals surface area contributed by atoms with Gasteiger partial charge in [-0.1, -0.05) is 37.3 Å². The molecule has 0 fully saturated rings. The lowest BCUT2D eigenvalue weighted by molar-refractivity contribution is 0.0600. The van der Waals surface area contributed by atoms with E-state index < -0.39 is 12.0 Å². The van der Waals surface area contributed by atoms with Gasteiger partial charge >= 0.3 is 5.97 Å². The summed E-state index contributed by atoms with van der Waals surface area (Å²) in [6.07, 6.45) is 2.74. The van der Waals surface area contributed by atoms with E-state index in [-0.39, 0.29) is 18.6 Å². The molecule has 1 aliphatic heterocycles. The van der Waals surface area contributed by atoms with Crippen LogP contribution in [0.4, 0.5) is 5.00 Å². The zero-order chi connectivity index (χ0) is 25.5. The van der Waals surface area contributed by atoms with E-state index in [2.05, 4.69) is 10.6 Å². The zero-order valence-electron chi connectivity index (χ0n) is 19.9. The van der Waals surface area contributed by atoms with Crippen molar-refractivity contribution in [2.24, 2.45) is 0 Å². The van der Waals surface area contributed by atoms with Crippen molar-refractivity contribution in [2.75, 3.05) is 19.2 Å². The molecule has 0 bridgehead atoms. The van der Waals surface area contributed by atoms with Gasteiger partial charge in [0.15, 0.2) is 5.76 Å². The second-order valence-electron chi connectivity index (χ2n) is 8.00. The Morgan fingerprint density at radius 1 is 1.03 bits per heavy atom. The maximum atomic E-state index is 13.4. The maximum Gasteiger partial charge on any atom is 0.337 e. The molecule has 0 aliphatic carbocycles. The minimum atomic E-state index is -0.483. The van der Waals surface area contributed by atoms with Crippen molar-refractivity contribution in [1.29, 1.82) is 0 Å². The normalized spacial score (nSPS) is 13.1. The van der Waals surface area contributed by atoms with Gasteiger partial charge in [-0.05, 0) is 42.3 Å². The van der Waals surface area contributed by atoms with Gasteiger partial charge in [0.05, 0.1) is 24.3 Å². The SMILES string of the molecule is CCc1cc(C(=O)NC(Cc2ccccc2)C2=COCO2)c(NC(=O)c2ccc(C(=O)OC)cc2)s1. The predicted molar refractivity (Wildman–Crippen MR) is 136 cm³/mol. The van der Waals surface area contributed by atoms with Gasteiger partial charge in [0, 0.05) is 16.9 Å². The fourth-order valence-electron chi connectivity index (χ4n) is 3.67. The van der Waals surface area contributed by atoms with Crippen LogP contribution >= 0.6 is 11.3 Å². The first-order chi connectivity index (χ1) is 17.5. The summed E-state index contributed by atoms with van der Waals surface area (Å²) < 4.78 is 15.5. The lowest BCUT2D eigenvalue weighted by Gasteiger charge is -2.19. The van der Waals surface area contributed by atoms with Crippen molar-refractivity contribution < 1.29 is 28.6 Å². The van der Waals surface area contributed by atoms with Crippen LogP contribution < -0.4 is 10.6 Å². The highest BCUT2D eigenvalue weighted by Crippen LogP contribution is 2.30. The predicted octanol–water partition coefficient (Wildman–Crippen LogP) is 4.54. The number of carbonyl (C=O) groups is 3. The van der Waals surface area contributed by atoms with Crippen LogP contribution in [0.3, 0.4) is 0 Å². The lowest BCUT2D eigenvalue weighted by Crippen LogP contribution is -2.38. The molecule has 0 radical (unpaired) electrons. The van der Waals surface area contributed by atoms with Crippen molar-refractivity contribution >= 4 is 34.1 Å². The molecule has 1 aliphatic rings. The Balaban J connectivity index is 1.53. The highest BCUT2D eigenvalue weighted by Gasteiger charge is 2.26. The second-order valence-corrected chi connectivity index (χ2v) is 9.13. The van der Waals surface area contributed by atoms with Crippen LogP contribution in [0.1, 0.15) is 48.4 Å². The third-order valence-electron chi connectivity index (χ3n) is 5.60. The number of esters is 1. The number of hydrogen-bond donors (Lipinski definition) is 2. The largest absolute Gasteiger partial charge is 0.465 e. The van der Waals surface area contributed by atoms with E-state index >= 15 is 0 Å². The summed E-state index contributed by atoms with van der Waals surface area (Å²) in [5.41, 5.74) is 2.09. The summed E-state index contributed by atoms with van der Waals surface area (Å²) in [4.78, 5) is 38.9. The van der Waals surface area contributed by atoms with Gasteiger partial charge in [0.25, 0.3) is 11.8 Å². The third-order valence-corrected chi connectivity index (χ3v) is 6.79. The number of thiophene rings is 1. The van der Waals surface area contributed by atoms with Crippen LogP contribution in [0, 0.1) is 0 Å². The number of anilines is 1. The van der Waals surface area contributed by atoms with Gasteiger partial charge in [-0.15, -0.1) is 11.3 Å². The molecule has 0 saturated heterocycles. The monoisotopic (exact) mass is 506 g/mol. The number of carbonyl (C=O) groups excluding carboxylic acids is 3. The molecule has 0 saturated carbocycles. The summed E-state index contributed by atoms with van der Waals surface area (Å²) in [6, 6.07) is 17.2. The lowest BCUT2D eigenvalue weighted by atomic mass is 10.0. The highest BCUT2D eigenvalue weighted by atomic mass is 32.1. The average molecular weight is 507 g/mol. The fraction of sp³-hybridized carbons (Fsp3) is 0.222. The number of ether oxygens (including phenoxy) is 3. The summed E-state index contributed by atoms with van der Waals surface area (Å²) in [6.45, 7) is 2.09. The molecule has 1 unspecified atom stereocenters. The van der Waals surface area contributed by atoms with E-state index in [0.717, 1.165) is 10.4 Å². The molecule has 9 heteroatoms. The van der Waals surface area contributed by atoms with Gasteiger partial charge in [0.1, 0.15) is 11.3 Å². The summed E-state index contributed by atoms with van der Waals surface area (Å²) in [7, 11) is 1.30. The first-order valence-electron chi connectivity index (χ1n) is 11.4. The molecule has 2 amide bonds. The maximum absolute atomic E-state index is 13.4. The average Bonchev–Trinajstić information content (AvgIpc) is 3.59. The number of benzene rings is 2. The Morgan fingerprint density at radius 2 is 1.75 bits per heavy atom. The van der Waals surface area contributed by atoms with Crippen LogP contribution in [-0.4, -0.2) is 37.7 Å². The van der Waals surface area contributed by atoms with Crippen LogP contribution in [0.2, 0.25) is 0 Å². The molecule has 2 aromatic carbocycles. The van der Waals surface area contributed by atoms with Gasteiger partial charge in [-0.3, -0.25) is 9.59 Å². The molecule has 0 spiro atoms. The first-order valence-corrected chi connectivity index (χ1v) is 12.2. The van der Waals surface area contributed by atoms with Crippen LogP contribution in [0.25, 0.3) is 0 Å². The van der Waals surface area contributed by atoms with E-state index in [1.165, 1.54) is 49.0 Å². The van der Waals surface area contributed by atoms with E-state index in [9.17, 15) is 14.4 Å². The highest BCUT2D eigenvalue weighted by molar-refractivity contribution is 7.16. The number of aryl methyl sites for hydroxylation is 1. The number of rotatable bonds is 9. The zero-order valence-corrected chi connectivity index (χ0v) is 20.7. The third kappa shape index (κ3) is 5.92. The van der Waals surface area contributed by atoms with Crippen LogP contribution in [0.5, 0.6) is 0 Å². The Hall–Kier alpha value is -4.11. The fourth-order valence-corrected chi connectivity index (χ4v) is 4.66. The number of methoxy groups -OCH3 is 1. The minimum absolute atomic E-state index is 0.102. The molecule has 8 nitrogen and oxygen atoms in total. The first kappa shape index (κ1) is 25.0. The Kier molecular flexibility index (Phi) is 8.02. The molecular formula is C27H26N2O6S. The van der Waals surface area contributed by atoms with Crippen molar-refractivity contribution in [3.8, 4) is 0 Å².